The summed E-state index contributed by atoms with van der Waals surface area (Å²) < 4.78 is 41.7. The fraction of sp³-hybridized carbons (Fsp3) is 0.688. The SMILES string of the molecule is CC(C)C(=O)SCCO[P+](=O)OC[C@H]1O[C@@H](n2ccc(=O)[nH]c2=O)[C@H](O)[C@@H]1CF. The molecule has 1 saturated heterocycles. The molecule has 1 aliphatic rings. The fourth-order valence-corrected chi connectivity index (χ4v) is 4.00. The molecule has 0 bridgehead atoms. The number of thioether (sulfide) groups is 1. The highest BCUT2D eigenvalue weighted by atomic mass is 32.2. The van der Waals surface area contributed by atoms with Crippen molar-refractivity contribution in [2.45, 2.75) is 32.3 Å². The third kappa shape index (κ3) is 6.53. The second-order valence-corrected chi connectivity index (χ2v) is 8.63. The minimum atomic E-state index is -2.54. The predicted molar refractivity (Wildman–Crippen MR) is 103 cm³/mol. The number of rotatable bonds is 10. The van der Waals surface area contributed by atoms with E-state index >= 15 is 0 Å². The molecule has 0 amide bonds. The minimum Gasteiger partial charge on any atom is -0.388 e. The van der Waals surface area contributed by atoms with Crippen molar-refractivity contribution in [1.82, 2.24) is 9.55 Å². The van der Waals surface area contributed by atoms with Crippen molar-refractivity contribution in [3.05, 3.63) is 33.1 Å². The maximum Gasteiger partial charge on any atom is 0.697 e. The minimum absolute atomic E-state index is 0.00702. The van der Waals surface area contributed by atoms with Gasteiger partial charge in [-0.25, -0.2) is 4.79 Å². The number of aliphatic hydroxyl groups is 1. The first kappa shape index (κ1) is 23.8. The van der Waals surface area contributed by atoms with Gasteiger partial charge in [0.25, 0.3) is 5.56 Å². The Morgan fingerprint density at radius 2 is 2.17 bits per heavy atom. The second-order valence-electron chi connectivity index (χ2n) is 6.57. The monoisotopic (exact) mass is 453 g/mol. The molecule has 162 valence electrons. The Morgan fingerprint density at radius 1 is 1.45 bits per heavy atom. The summed E-state index contributed by atoms with van der Waals surface area (Å²) in [4.78, 5) is 36.5. The molecular weight excluding hydrogens is 430 g/mol. The van der Waals surface area contributed by atoms with Gasteiger partial charge in [0.2, 0.25) is 0 Å². The zero-order valence-electron chi connectivity index (χ0n) is 15.9. The molecule has 1 unspecified atom stereocenters. The average molecular weight is 453 g/mol. The molecular formula is C16H23FN2O8PS+. The van der Waals surface area contributed by atoms with E-state index in [1.807, 2.05) is 4.98 Å². The van der Waals surface area contributed by atoms with E-state index in [4.69, 9.17) is 13.8 Å². The first-order valence-corrected chi connectivity index (χ1v) is 10.9. The van der Waals surface area contributed by atoms with Crippen LogP contribution in [0.3, 0.4) is 0 Å². The third-order valence-electron chi connectivity index (χ3n) is 4.17. The Labute approximate surface area is 170 Å². The highest BCUT2D eigenvalue weighted by Gasteiger charge is 2.46. The van der Waals surface area contributed by atoms with Gasteiger partial charge in [0, 0.05) is 34.4 Å². The van der Waals surface area contributed by atoms with Gasteiger partial charge in [-0.1, -0.05) is 25.6 Å². The summed E-state index contributed by atoms with van der Waals surface area (Å²) >= 11 is 1.06. The molecule has 2 rings (SSSR count). The van der Waals surface area contributed by atoms with Crippen molar-refractivity contribution in [3.8, 4) is 0 Å². The van der Waals surface area contributed by atoms with Crippen molar-refractivity contribution >= 4 is 25.1 Å². The van der Waals surface area contributed by atoms with Crippen LogP contribution in [-0.4, -0.2) is 57.6 Å². The molecule has 1 aliphatic heterocycles. The van der Waals surface area contributed by atoms with Crippen LogP contribution in [0.4, 0.5) is 4.39 Å². The lowest BCUT2D eigenvalue weighted by molar-refractivity contribution is -0.113. The first-order chi connectivity index (χ1) is 13.7. The zero-order chi connectivity index (χ0) is 21.6. The van der Waals surface area contributed by atoms with Crippen LogP contribution >= 0.6 is 20.0 Å². The Bertz CT molecular complexity index is 832. The van der Waals surface area contributed by atoms with Crippen molar-refractivity contribution in [3.63, 3.8) is 0 Å². The summed E-state index contributed by atoms with van der Waals surface area (Å²) in [5.74, 6) is -0.831. The summed E-state index contributed by atoms with van der Waals surface area (Å²) in [7, 11) is -2.54. The molecule has 13 heteroatoms. The summed E-state index contributed by atoms with van der Waals surface area (Å²) in [6.07, 6.45) is -2.47. The number of aliphatic hydroxyl groups excluding tert-OH is 1. The number of alkyl halides is 1. The summed E-state index contributed by atoms with van der Waals surface area (Å²) in [5, 5.41) is 10.3. The zero-order valence-corrected chi connectivity index (χ0v) is 17.6. The van der Waals surface area contributed by atoms with Gasteiger partial charge in [0.15, 0.2) is 11.3 Å². The number of hydrogen-bond acceptors (Lipinski definition) is 9. The van der Waals surface area contributed by atoms with E-state index in [0.29, 0.717) is 5.75 Å². The number of carbonyl (C=O) groups is 1. The molecule has 2 N–H and O–H groups in total. The quantitative estimate of drug-likeness (QED) is 0.392. The van der Waals surface area contributed by atoms with E-state index in [1.165, 1.54) is 0 Å². The average Bonchev–Trinajstić information content (AvgIpc) is 2.98. The number of H-pyrrole nitrogens is 1. The van der Waals surface area contributed by atoms with Gasteiger partial charge in [-0.05, 0) is 0 Å². The van der Waals surface area contributed by atoms with E-state index in [9.17, 15) is 28.4 Å². The molecule has 1 aromatic heterocycles. The van der Waals surface area contributed by atoms with Gasteiger partial charge in [-0.3, -0.25) is 23.5 Å². The van der Waals surface area contributed by atoms with Crippen LogP contribution in [0.2, 0.25) is 0 Å². The lowest BCUT2D eigenvalue weighted by Gasteiger charge is -2.17. The van der Waals surface area contributed by atoms with Crippen LogP contribution in [0.25, 0.3) is 0 Å². The van der Waals surface area contributed by atoms with Crippen molar-refractivity contribution in [2.24, 2.45) is 11.8 Å². The molecule has 0 aliphatic carbocycles. The van der Waals surface area contributed by atoms with E-state index in [-0.39, 0.29) is 24.2 Å². The highest BCUT2D eigenvalue weighted by Crippen LogP contribution is 2.35. The Balaban J connectivity index is 1.86. The molecule has 0 aromatic carbocycles. The molecule has 0 radical (unpaired) electrons. The summed E-state index contributed by atoms with van der Waals surface area (Å²) in [6, 6.07) is 1.07. The number of aromatic nitrogens is 2. The normalized spacial score (nSPS) is 24.8. The molecule has 0 saturated carbocycles. The summed E-state index contributed by atoms with van der Waals surface area (Å²) in [6.45, 7) is 2.26. The van der Waals surface area contributed by atoms with Crippen LogP contribution in [0.1, 0.15) is 20.1 Å². The predicted octanol–water partition coefficient (Wildman–Crippen LogP) is 0.987. The number of aromatic amines is 1. The Kier molecular flexibility index (Phi) is 9.12. The van der Waals surface area contributed by atoms with Gasteiger partial charge in [0.1, 0.15) is 19.3 Å². The smallest absolute Gasteiger partial charge is 0.388 e. The van der Waals surface area contributed by atoms with Crippen LogP contribution in [0.5, 0.6) is 0 Å². The maximum absolute atomic E-state index is 13.4. The fourth-order valence-electron chi connectivity index (χ4n) is 2.60. The molecule has 1 fully saturated rings. The van der Waals surface area contributed by atoms with E-state index in [1.54, 1.807) is 13.8 Å². The molecule has 2 heterocycles. The number of ether oxygens (including phenoxy) is 1. The lowest BCUT2D eigenvalue weighted by Crippen LogP contribution is -2.36. The molecule has 5 atom stereocenters. The van der Waals surface area contributed by atoms with Gasteiger partial charge in [0.05, 0.1) is 12.8 Å². The third-order valence-corrected chi connectivity index (χ3v) is 6.05. The second kappa shape index (κ2) is 11.1. The van der Waals surface area contributed by atoms with E-state index < -0.39 is 50.5 Å². The van der Waals surface area contributed by atoms with E-state index in [2.05, 4.69) is 0 Å². The topological polar surface area (TPSA) is 137 Å². The van der Waals surface area contributed by atoms with E-state index in [0.717, 1.165) is 28.6 Å². The van der Waals surface area contributed by atoms with Crippen molar-refractivity contribution in [1.29, 1.82) is 0 Å². The lowest BCUT2D eigenvalue weighted by atomic mass is 10.00. The number of hydrogen-bond donors (Lipinski definition) is 2. The highest BCUT2D eigenvalue weighted by molar-refractivity contribution is 8.13. The standard InChI is InChI=1S/C16H22FN2O8PS/c1-9(2)15(22)29-6-5-25-28(24)26-8-11-10(7-17)13(21)14(27-11)19-4-3-12(20)18-16(19)23/h3-4,9-11,13-14,21H,5-8H2,1-2H3/p+1/t10-,11-,13-,14-/m1/s1. The van der Waals surface area contributed by atoms with Gasteiger partial charge in [-0.2, -0.15) is 0 Å². The first-order valence-electron chi connectivity index (χ1n) is 8.85. The Morgan fingerprint density at radius 3 is 2.79 bits per heavy atom. The summed E-state index contributed by atoms with van der Waals surface area (Å²) in [5.41, 5.74) is -1.44. The number of nitrogens with one attached hydrogen (secondary N) is 1. The number of halogens is 1. The molecule has 0 spiro atoms. The van der Waals surface area contributed by atoms with Crippen LogP contribution in [0.15, 0.2) is 21.9 Å². The molecule has 29 heavy (non-hydrogen) atoms. The van der Waals surface area contributed by atoms with Gasteiger partial charge >= 0.3 is 13.9 Å². The largest absolute Gasteiger partial charge is 0.697 e. The number of nitrogens with zero attached hydrogens (tertiary/aromatic N) is 1. The van der Waals surface area contributed by atoms with Crippen LogP contribution in [-0.2, 0) is 23.1 Å². The molecule has 1 aromatic rings. The van der Waals surface area contributed by atoms with Crippen molar-refractivity contribution < 1.29 is 32.6 Å². The van der Waals surface area contributed by atoms with Gasteiger partial charge < -0.3 is 9.84 Å². The Hall–Kier alpha value is -1.43. The van der Waals surface area contributed by atoms with Gasteiger partial charge in [-0.15, -0.1) is 9.05 Å². The van der Waals surface area contributed by atoms with Crippen LogP contribution < -0.4 is 11.2 Å². The van der Waals surface area contributed by atoms with Crippen LogP contribution in [0, 0.1) is 11.8 Å². The van der Waals surface area contributed by atoms with Crippen molar-refractivity contribution in [2.75, 3.05) is 25.6 Å². The molecule has 10 nitrogen and oxygen atoms in total. The number of carbonyl (C=O) groups excluding carboxylic acids is 1. The maximum atomic E-state index is 13.4.